The fourth-order valence-electron chi connectivity index (χ4n) is 2.54. The van der Waals surface area contributed by atoms with Crippen LogP contribution in [0, 0.1) is 10.1 Å². The van der Waals surface area contributed by atoms with E-state index < -0.39 is 4.92 Å². The van der Waals surface area contributed by atoms with E-state index in [1.54, 1.807) is 12.3 Å². The van der Waals surface area contributed by atoms with Crippen LogP contribution in [0.15, 0.2) is 30.5 Å². The van der Waals surface area contributed by atoms with Gasteiger partial charge in [0.1, 0.15) is 5.52 Å². The number of aliphatic hydroxyl groups excluding tert-OH is 1. The highest BCUT2D eigenvalue weighted by Gasteiger charge is 2.30. The lowest BCUT2D eigenvalue weighted by molar-refractivity contribution is -0.383. The standard InChI is InChI=1S/C14H15N3O3/c18-9-8-16(10-4-5-10)12-6-7-15-14-11(12)2-1-3-13(14)17(19)20/h1-3,6-7,10,18H,4-5,8-9H2. The van der Waals surface area contributed by atoms with Crippen LogP contribution in [-0.2, 0) is 0 Å². The van der Waals surface area contributed by atoms with Gasteiger partial charge in [0, 0.05) is 35.9 Å². The molecule has 6 nitrogen and oxygen atoms in total. The summed E-state index contributed by atoms with van der Waals surface area (Å²) in [4.78, 5) is 16.9. The van der Waals surface area contributed by atoms with Gasteiger partial charge < -0.3 is 10.0 Å². The molecule has 1 aliphatic carbocycles. The van der Waals surface area contributed by atoms with Crippen molar-refractivity contribution in [2.45, 2.75) is 18.9 Å². The number of rotatable bonds is 5. The van der Waals surface area contributed by atoms with Gasteiger partial charge in [0.25, 0.3) is 5.69 Å². The van der Waals surface area contributed by atoms with Gasteiger partial charge in [0.2, 0.25) is 0 Å². The summed E-state index contributed by atoms with van der Waals surface area (Å²) in [5.41, 5.74) is 1.33. The Hall–Kier alpha value is -2.21. The normalized spacial score (nSPS) is 14.4. The monoisotopic (exact) mass is 273 g/mol. The lowest BCUT2D eigenvalue weighted by Gasteiger charge is -2.24. The zero-order valence-electron chi connectivity index (χ0n) is 10.9. The summed E-state index contributed by atoms with van der Waals surface area (Å²) in [6.07, 6.45) is 3.79. The van der Waals surface area contributed by atoms with Crippen molar-refractivity contribution in [1.82, 2.24) is 4.98 Å². The molecule has 0 atom stereocenters. The van der Waals surface area contributed by atoms with Crippen LogP contribution in [0.4, 0.5) is 11.4 Å². The number of non-ortho nitro benzene ring substituents is 1. The third-order valence-electron chi connectivity index (χ3n) is 3.56. The van der Waals surface area contributed by atoms with Crippen molar-refractivity contribution in [1.29, 1.82) is 0 Å². The average molecular weight is 273 g/mol. The molecule has 0 aliphatic heterocycles. The number of hydrogen-bond donors (Lipinski definition) is 1. The Kier molecular flexibility index (Phi) is 3.23. The van der Waals surface area contributed by atoms with Crippen LogP contribution in [0.2, 0.25) is 0 Å². The zero-order chi connectivity index (χ0) is 14.1. The Morgan fingerprint density at radius 1 is 1.40 bits per heavy atom. The summed E-state index contributed by atoms with van der Waals surface area (Å²) < 4.78 is 0. The molecule has 104 valence electrons. The minimum absolute atomic E-state index is 0.0177. The Bertz CT molecular complexity index is 655. The van der Waals surface area contributed by atoms with Gasteiger partial charge in [0.15, 0.2) is 0 Å². The number of para-hydroxylation sites is 1. The van der Waals surface area contributed by atoms with E-state index in [9.17, 15) is 15.2 Å². The fraction of sp³-hybridized carbons (Fsp3) is 0.357. The summed E-state index contributed by atoms with van der Waals surface area (Å²) >= 11 is 0. The van der Waals surface area contributed by atoms with Gasteiger partial charge in [-0.05, 0) is 18.9 Å². The van der Waals surface area contributed by atoms with Crippen LogP contribution >= 0.6 is 0 Å². The Morgan fingerprint density at radius 3 is 2.85 bits per heavy atom. The topological polar surface area (TPSA) is 79.5 Å². The number of aromatic nitrogens is 1. The number of nitro groups is 1. The molecule has 3 rings (SSSR count). The van der Waals surface area contributed by atoms with E-state index in [0.29, 0.717) is 18.1 Å². The average Bonchev–Trinajstić information content (AvgIpc) is 3.28. The first-order valence-corrected chi connectivity index (χ1v) is 6.62. The zero-order valence-corrected chi connectivity index (χ0v) is 10.9. The highest BCUT2D eigenvalue weighted by atomic mass is 16.6. The van der Waals surface area contributed by atoms with Gasteiger partial charge in [-0.3, -0.25) is 10.1 Å². The van der Waals surface area contributed by atoms with Gasteiger partial charge in [-0.25, -0.2) is 4.98 Å². The molecule has 0 bridgehead atoms. The quantitative estimate of drug-likeness (QED) is 0.666. The lowest BCUT2D eigenvalue weighted by atomic mass is 10.1. The summed E-state index contributed by atoms with van der Waals surface area (Å²) in [7, 11) is 0. The number of hydrogen-bond acceptors (Lipinski definition) is 5. The van der Waals surface area contributed by atoms with E-state index in [-0.39, 0.29) is 12.3 Å². The molecule has 1 N–H and O–H groups in total. The molecule has 1 aromatic heterocycles. The fourth-order valence-corrected chi connectivity index (χ4v) is 2.54. The molecule has 0 radical (unpaired) electrons. The van der Waals surface area contributed by atoms with Gasteiger partial charge in [-0.2, -0.15) is 0 Å². The van der Waals surface area contributed by atoms with E-state index in [1.165, 1.54) is 6.07 Å². The highest BCUT2D eigenvalue weighted by molar-refractivity contribution is 5.96. The summed E-state index contributed by atoms with van der Waals surface area (Å²) in [6, 6.07) is 7.27. The van der Waals surface area contributed by atoms with Gasteiger partial charge in [-0.15, -0.1) is 0 Å². The molecular weight excluding hydrogens is 258 g/mol. The van der Waals surface area contributed by atoms with E-state index >= 15 is 0 Å². The van der Waals surface area contributed by atoms with Crippen molar-refractivity contribution in [2.75, 3.05) is 18.1 Å². The van der Waals surface area contributed by atoms with Crippen LogP contribution in [0.1, 0.15) is 12.8 Å². The number of benzene rings is 1. The minimum Gasteiger partial charge on any atom is -0.395 e. The second-order valence-electron chi connectivity index (χ2n) is 4.91. The predicted octanol–water partition coefficient (Wildman–Crippen LogP) is 2.10. The molecular formula is C14H15N3O3. The van der Waals surface area contributed by atoms with Crippen LogP contribution in [-0.4, -0.2) is 34.2 Å². The van der Waals surface area contributed by atoms with Crippen LogP contribution in [0.3, 0.4) is 0 Å². The van der Waals surface area contributed by atoms with Gasteiger partial charge in [0.05, 0.1) is 11.5 Å². The molecule has 1 fully saturated rings. The Balaban J connectivity index is 2.15. The molecule has 20 heavy (non-hydrogen) atoms. The summed E-state index contributed by atoms with van der Waals surface area (Å²) in [6.45, 7) is 0.599. The van der Waals surface area contributed by atoms with Gasteiger partial charge in [-0.1, -0.05) is 12.1 Å². The second kappa shape index (κ2) is 5.05. The van der Waals surface area contributed by atoms with Crippen molar-refractivity contribution in [3.05, 3.63) is 40.6 Å². The molecule has 0 amide bonds. The summed E-state index contributed by atoms with van der Waals surface area (Å²) in [5.74, 6) is 0. The second-order valence-corrected chi connectivity index (χ2v) is 4.91. The molecule has 0 unspecified atom stereocenters. The Labute approximate surface area is 115 Å². The predicted molar refractivity (Wildman–Crippen MR) is 75.9 cm³/mol. The lowest BCUT2D eigenvalue weighted by Crippen LogP contribution is -2.29. The van der Waals surface area contributed by atoms with Gasteiger partial charge >= 0.3 is 0 Å². The SMILES string of the molecule is O=[N+]([O-])c1cccc2c(N(CCO)C3CC3)ccnc12. The van der Waals surface area contributed by atoms with Crippen molar-refractivity contribution < 1.29 is 10.0 Å². The molecule has 1 aromatic carbocycles. The minimum atomic E-state index is -0.410. The molecule has 6 heteroatoms. The number of nitrogens with zero attached hydrogens (tertiary/aromatic N) is 3. The van der Waals surface area contributed by atoms with E-state index in [1.807, 2.05) is 12.1 Å². The van der Waals surface area contributed by atoms with Crippen molar-refractivity contribution in [3.8, 4) is 0 Å². The third kappa shape index (κ3) is 2.18. The number of nitro benzene ring substituents is 1. The third-order valence-corrected chi connectivity index (χ3v) is 3.56. The van der Waals surface area contributed by atoms with Crippen LogP contribution in [0.25, 0.3) is 10.9 Å². The smallest absolute Gasteiger partial charge is 0.295 e. The van der Waals surface area contributed by atoms with E-state index in [0.717, 1.165) is 23.9 Å². The van der Waals surface area contributed by atoms with Crippen LogP contribution in [0.5, 0.6) is 0 Å². The van der Waals surface area contributed by atoms with Crippen molar-refractivity contribution in [2.24, 2.45) is 0 Å². The Morgan fingerprint density at radius 2 is 2.20 bits per heavy atom. The first-order chi connectivity index (χ1) is 9.72. The first kappa shape index (κ1) is 12.8. The number of anilines is 1. The number of pyridine rings is 1. The molecule has 2 aromatic rings. The van der Waals surface area contributed by atoms with Crippen molar-refractivity contribution >= 4 is 22.3 Å². The molecule has 1 heterocycles. The van der Waals surface area contributed by atoms with Crippen molar-refractivity contribution in [3.63, 3.8) is 0 Å². The number of fused-ring (bicyclic) bond motifs is 1. The summed E-state index contributed by atoms with van der Waals surface area (Å²) in [5, 5.41) is 21.1. The highest BCUT2D eigenvalue weighted by Crippen LogP contribution is 2.36. The van der Waals surface area contributed by atoms with Crippen LogP contribution < -0.4 is 4.90 Å². The molecule has 0 saturated heterocycles. The first-order valence-electron chi connectivity index (χ1n) is 6.62. The van der Waals surface area contributed by atoms with E-state index in [2.05, 4.69) is 9.88 Å². The largest absolute Gasteiger partial charge is 0.395 e. The molecule has 1 aliphatic rings. The maximum Gasteiger partial charge on any atom is 0.295 e. The number of aliphatic hydroxyl groups is 1. The maximum atomic E-state index is 11.1. The molecule has 1 saturated carbocycles. The van der Waals surface area contributed by atoms with E-state index in [4.69, 9.17) is 0 Å². The molecule has 0 spiro atoms. The maximum absolute atomic E-state index is 11.1.